The van der Waals surface area contributed by atoms with Gasteiger partial charge in [0.25, 0.3) is 5.91 Å². The van der Waals surface area contributed by atoms with E-state index in [2.05, 4.69) is 16.4 Å². The molecule has 1 amide bonds. The summed E-state index contributed by atoms with van der Waals surface area (Å²) in [6, 6.07) is 11.5. The molecule has 0 spiro atoms. The Bertz CT molecular complexity index is 566. The molecule has 0 fully saturated rings. The van der Waals surface area contributed by atoms with Gasteiger partial charge in [0.05, 0.1) is 5.56 Å². The van der Waals surface area contributed by atoms with Gasteiger partial charge in [-0.2, -0.15) is 0 Å². The fourth-order valence-corrected chi connectivity index (χ4v) is 1.75. The number of hydrogen-bond donors (Lipinski definition) is 2. The summed E-state index contributed by atoms with van der Waals surface area (Å²) >= 11 is 0. The van der Waals surface area contributed by atoms with Gasteiger partial charge in [0.15, 0.2) is 0 Å². The van der Waals surface area contributed by atoms with Crippen molar-refractivity contribution < 1.29 is 4.79 Å². The number of carbonyl (C=O) groups is 1. The van der Waals surface area contributed by atoms with E-state index in [4.69, 9.17) is 5.73 Å². The monoisotopic (exact) mass is 241 g/mol. The summed E-state index contributed by atoms with van der Waals surface area (Å²) in [7, 11) is 0. The minimum atomic E-state index is -0.477. The number of primary amides is 1. The van der Waals surface area contributed by atoms with E-state index in [0.29, 0.717) is 17.9 Å². The van der Waals surface area contributed by atoms with Crippen LogP contribution in [0.3, 0.4) is 0 Å². The predicted octanol–water partition coefficient (Wildman–Crippen LogP) is 2.10. The number of nitrogens with one attached hydrogen (secondary N) is 1. The van der Waals surface area contributed by atoms with E-state index >= 15 is 0 Å². The molecule has 0 saturated carbocycles. The molecule has 0 unspecified atom stereocenters. The molecular weight excluding hydrogens is 226 g/mol. The van der Waals surface area contributed by atoms with Crippen molar-refractivity contribution in [3.8, 4) is 0 Å². The average Bonchev–Trinajstić information content (AvgIpc) is 2.37. The maximum atomic E-state index is 11.2. The van der Waals surface area contributed by atoms with Crippen LogP contribution in [0.15, 0.2) is 42.6 Å². The van der Waals surface area contributed by atoms with Crippen LogP contribution in [-0.2, 0) is 6.54 Å². The van der Waals surface area contributed by atoms with E-state index in [1.54, 1.807) is 18.3 Å². The van der Waals surface area contributed by atoms with Gasteiger partial charge in [0.2, 0.25) is 0 Å². The number of aryl methyl sites for hydroxylation is 1. The van der Waals surface area contributed by atoms with Crippen molar-refractivity contribution in [3.05, 3.63) is 59.3 Å². The molecule has 0 aliphatic heterocycles. The Morgan fingerprint density at radius 3 is 2.89 bits per heavy atom. The van der Waals surface area contributed by atoms with Crippen molar-refractivity contribution in [1.82, 2.24) is 4.98 Å². The molecule has 0 radical (unpaired) electrons. The molecule has 1 aromatic heterocycles. The second-order valence-corrected chi connectivity index (χ2v) is 4.11. The number of hydrogen-bond acceptors (Lipinski definition) is 3. The minimum absolute atomic E-state index is 0.408. The topological polar surface area (TPSA) is 68.0 Å². The first kappa shape index (κ1) is 12.1. The zero-order valence-corrected chi connectivity index (χ0v) is 10.2. The highest BCUT2D eigenvalue weighted by atomic mass is 16.1. The molecule has 0 bridgehead atoms. The second-order valence-electron chi connectivity index (χ2n) is 4.11. The first-order valence-corrected chi connectivity index (χ1v) is 5.71. The highest BCUT2D eigenvalue weighted by Gasteiger charge is 2.07. The van der Waals surface area contributed by atoms with E-state index in [0.717, 1.165) is 5.56 Å². The maximum absolute atomic E-state index is 11.2. The lowest BCUT2D eigenvalue weighted by molar-refractivity contribution is 0.100. The van der Waals surface area contributed by atoms with Gasteiger partial charge >= 0.3 is 0 Å². The third kappa shape index (κ3) is 2.85. The molecule has 0 aliphatic carbocycles. The number of carbonyl (C=O) groups excluding carboxylic acids is 1. The summed E-state index contributed by atoms with van der Waals surface area (Å²) in [6.07, 6.45) is 1.63. The number of benzene rings is 1. The molecular formula is C14H15N3O. The number of pyridine rings is 1. The molecule has 4 heteroatoms. The number of rotatable bonds is 4. The number of nitrogens with two attached hydrogens (primary N) is 1. The van der Waals surface area contributed by atoms with Crippen LogP contribution < -0.4 is 11.1 Å². The SMILES string of the molecule is Cc1cccc(CNc2ncccc2C(N)=O)c1. The van der Waals surface area contributed by atoms with Gasteiger partial charge in [-0.05, 0) is 24.6 Å². The average molecular weight is 241 g/mol. The van der Waals surface area contributed by atoms with Gasteiger partial charge in [-0.3, -0.25) is 4.79 Å². The van der Waals surface area contributed by atoms with E-state index in [-0.39, 0.29) is 0 Å². The van der Waals surface area contributed by atoms with Crippen molar-refractivity contribution in [3.63, 3.8) is 0 Å². The van der Waals surface area contributed by atoms with Crippen molar-refractivity contribution in [2.24, 2.45) is 5.73 Å². The lowest BCUT2D eigenvalue weighted by atomic mass is 10.1. The highest BCUT2D eigenvalue weighted by molar-refractivity contribution is 5.97. The van der Waals surface area contributed by atoms with Gasteiger partial charge in [0.1, 0.15) is 5.82 Å². The minimum Gasteiger partial charge on any atom is -0.365 e. The first-order chi connectivity index (χ1) is 8.66. The highest BCUT2D eigenvalue weighted by Crippen LogP contribution is 2.12. The first-order valence-electron chi connectivity index (χ1n) is 5.71. The van der Waals surface area contributed by atoms with Crippen LogP contribution in [0.1, 0.15) is 21.5 Å². The summed E-state index contributed by atoms with van der Waals surface area (Å²) in [5, 5.41) is 3.13. The van der Waals surface area contributed by atoms with Gasteiger partial charge in [-0.1, -0.05) is 29.8 Å². The van der Waals surface area contributed by atoms with E-state index in [1.165, 1.54) is 5.56 Å². The molecule has 4 nitrogen and oxygen atoms in total. The standard InChI is InChI=1S/C14H15N3O/c1-10-4-2-5-11(8-10)9-17-14-12(13(15)18)6-3-7-16-14/h2-8H,9H2,1H3,(H2,15,18)(H,16,17). The zero-order chi connectivity index (χ0) is 13.0. The molecule has 0 aliphatic rings. The molecule has 92 valence electrons. The summed E-state index contributed by atoms with van der Waals surface area (Å²) in [5.41, 5.74) is 8.03. The van der Waals surface area contributed by atoms with Crippen molar-refractivity contribution >= 4 is 11.7 Å². The largest absolute Gasteiger partial charge is 0.365 e. The number of nitrogens with zero attached hydrogens (tertiary/aromatic N) is 1. The molecule has 0 atom stereocenters. The molecule has 3 N–H and O–H groups in total. The Labute approximate surface area is 106 Å². The van der Waals surface area contributed by atoms with Crippen molar-refractivity contribution in [2.45, 2.75) is 13.5 Å². The fourth-order valence-electron chi connectivity index (χ4n) is 1.75. The smallest absolute Gasteiger partial charge is 0.252 e. The quantitative estimate of drug-likeness (QED) is 0.861. The van der Waals surface area contributed by atoms with Crippen molar-refractivity contribution in [2.75, 3.05) is 5.32 Å². The Balaban J connectivity index is 2.13. The van der Waals surface area contributed by atoms with Crippen LogP contribution in [0.25, 0.3) is 0 Å². The van der Waals surface area contributed by atoms with Crippen LogP contribution in [0, 0.1) is 6.92 Å². The summed E-state index contributed by atoms with van der Waals surface area (Å²) in [4.78, 5) is 15.4. The lowest BCUT2D eigenvalue weighted by Gasteiger charge is -2.09. The van der Waals surface area contributed by atoms with Gasteiger partial charge in [-0.15, -0.1) is 0 Å². The maximum Gasteiger partial charge on any atom is 0.252 e. The summed E-state index contributed by atoms with van der Waals surface area (Å²) in [6.45, 7) is 2.65. The predicted molar refractivity (Wildman–Crippen MR) is 71.3 cm³/mol. The van der Waals surface area contributed by atoms with Crippen LogP contribution in [0.4, 0.5) is 5.82 Å². The third-order valence-corrected chi connectivity index (χ3v) is 2.62. The summed E-state index contributed by atoms with van der Waals surface area (Å²) < 4.78 is 0. The molecule has 2 rings (SSSR count). The van der Waals surface area contributed by atoms with E-state index in [1.807, 2.05) is 25.1 Å². The lowest BCUT2D eigenvalue weighted by Crippen LogP contribution is -2.15. The Morgan fingerprint density at radius 1 is 1.33 bits per heavy atom. The number of anilines is 1. The molecule has 18 heavy (non-hydrogen) atoms. The normalized spacial score (nSPS) is 10.1. The van der Waals surface area contributed by atoms with Gasteiger partial charge in [-0.25, -0.2) is 4.98 Å². The number of amides is 1. The Morgan fingerprint density at radius 2 is 2.17 bits per heavy atom. The van der Waals surface area contributed by atoms with Crippen LogP contribution in [0.5, 0.6) is 0 Å². The van der Waals surface area contributed by atoms with Crippen LogP contribution in [0.2, 0.25) is 0 Å². The molecule has 1 aromatic carbocycles. The van der Waals surface area contributed by atoms with Gasteiger partial charge in [0, 0.05) is 12.7 Å². The Kier molecular flexibility index (Phi) is 3.57. The third-order valence-electron chi connectivity index (χ3n) is 2.62. The van der Waals surface area contributed by atoms with Crippen LogP contribution in [-0.4, -0.2) is 10.9 Å². The Hall–Kier alpha value is -2.36. The second kappa shape index (κ2) is 5.31. The molecule has 0 saturated heterocycles. The number of aromatic nitrogens is 1. The van der Waals surface area contributed by atoms with E-state index in [9.17, 15) is 4.79 Å². The van der Waals surface area contributed by atoms with Crippen LogP contribution >= 0.6 is 0 Å². The zero-order valence-electron chi connectivity index (χ0n) is 10.2. The summed E-state index contributed by atoms with van der Waals surface area (Å²) in [5.74, 6) is 0.0429. The van der Waals surface area contributed by atoms with E-state index < -0.39 is 5.91 Å². The molecule has 2 aromatic rings. The van der Waals surface area contributed by atoms with Gasteiger partial charge < -0.3 is 11.1 Å². The fraction of sp³-hybridized carbons (Fsp3) is 0.143. The van der Waals surface area contributed by atoms with Crippen molar-refractivity contribution in [1.29, 1.82) is 0 Å². The molecule has 1 heterocycles.